The summed E-state index contributed by atoms with van der Waals surface area (Å²) in [7, 11) is -1.47. The van der Waals surface area contributed by atoms with E-state index in [0.717, 1.165) is 25.8 Å². The van der Waals surface area contributed by atoms with E-state index in [-0.39, 0.29) is 17.8 Å². The van der Waals surface area contributed by atoms with E-state index in [1.54, 1.807) is 18.4 Å². The molecule has 1 N–H and O–H groups in total. The third kappa shape index (κ3) is 4.02. The van der Waals surface area contributed by atoms with Crippen molar-refractivity contribution in [2.24, 2.45) is 0 Å². The molecule has 0 saturated carbocycles. The molecule has 0 bridgehead atoms. The second-order valence-electron chi connectivity index (χ2n) is 5.22. The van der Waals surface area contributed by atoms with Crippen LogP contribution in [0.1, 0.15) is 24.6 Å². The first-order chi connectivity index (χ1) is 8.99. The van der Waals surface area contributed by atoms with Crippen LogP contribution in [-0.4, -0.2) is 44.2 Å². The second kappa shape index (κ2) is 6.35. The van der Waals surface area contributed by atoms with E-state index in [1.165, 1.54) is 9.18 Å². The molecule has 1 aliphatic rings. The van der Waals surface area contributed by atoms with Gasteiger partial charge in [-0.3, -0.25) is 0 Å². The van der Waals surface area contributed by atoms with Crippen LogP contribution in [0.15, 0.2) is 17.5 Å². The summed E-state index contributed by atoms with van der Waals surface area (Å²) in [5, 5.41) is 5.28. The molecule has 0 amide bonds. The fourth-order valence-electron chi connectivity index (χ4n) is 2.39. The lowest BCUT2D eigenvalue weighted by Crippen LogP contribution is -2.42. The van der Waals surface area contributed by atoms with E-state index in [1.807, 2.05) is 18.4 Å². The van der Waals surface area contributed by atoms with Gasteiger partial charge in [0.2, 0.25) is 10.0 Å². The summed E-state index contributed by atoms with van der Waals surface area (Å²) in [6.45, 7) is 2.91. The Hall–Kier alpha value is -0.430. The van der Waals surface area contributed by atoms with Gasteiger partial charge in [-0.05, 0) is 44.2 Å². The smallest absolute Gasteiger partial charge is 0.215 e. The van der Waals surface area contributed by atoms with Gasteiger partial charge < -0.3 is 5.32 Å². The molecule has 0 aromatic carbocycles. The monoisotopic (exact) mass is 302 g/mol. The molecule has 6 heteroatoms. The normalized spacial score (nSPS) is 21.9. The van der Waals surface area contributed by atoms with Gasteiger partial charge in [0.25, 0.3) is 0 Å². The Morgan fingerprint density at radius 2 is 2.37 bits per heavy atom. The maximum Gasteiger partial charge on any atom is 0.215 e. The molecule has 1 aromatic heterocycles. The summed E-state index contributed by atoms with van der Waals surface area (Å²) in [4.78, 5) is 1.23. The number of thiophene rings is 1. The molecule has 1 aromatic rings. The van der Waals surface area contributed by atoms with Gasteiger partial charge in [-0.1, -0.05) is 6.07 Å². The van der Waals surface area contributed by atoms with Crippen LogP contribution in [0.5, 0.6) is 0 Å². The average molecular weight is 302 g/mol. The zero-order valence-corrected chi connectivity index (χ0v) is 13.1. The molecule has 1 fully saturated rings. The highest BCUT2D eigenvalue weighted by molar-refractivity contribution is 7.89. The summed E-state index contributed by atoms with van der Waals surface area (Å²) in [5.74, 6) is 0.221. The van der Waals surface area contributed by atoms with E-state index in [2.05, 4.69) is 11.4 Å². The van der Waals surface area contributed by atoms with Crippen molar-refractivity contribution in [2.75, 3.05) is 19.3 Å². The highest BCUT2D eigenvalue weighted by Gasteiger charge is 2.28. The number of nitrogens with one attached hydrogen (secondary N) is 1. The number of sulfonamides is 1. The molecule has 2 heterocycles. The molecule has 0 radical (unpaired) electrons. The molecule has 4 nitrogen and oxygen atoms in total. The highest BCUT2D eigenvalue weighted by atomic mass is 32.2. The molecular formula is C13H22N2O2S2. The summed E-state index contributed by atoms with van der Waals surface area (Å²) in [6.07, 6.45) is 2.83. The average Bonchev–Trinajstić information content (AvgIpc) is 3.00. The van der Waals surface area contributed by atoms with Crippen molar-refractivity contribution >= 4 is 21.4 Å². The van der Waals surface area contributed by atoms with Gasteiger partial charge in [-0.15, -0.1) is 11.3 Å². The van der Waals surface area contributed by atoms with E-state index in [0.29, 0.717) is 0 Å². The zero-order chi connectivity index (χ0) is 13.9. The minimum absolute atomic E-state index is 0.00468. The highest BCUT2D eigenvalue weighted by Crippen LogP contribution is 2.17. The molecule has 19 heavy (non-hydrogen) atoms. The Kier molecular flexibility index (Phi) is 5.00. The molecule has 1 saturated heterocycles. The minimum Gasteiger partial charge on any atom is -0.313 e. The van der Waals surface area contributed by atoms with Crippen molar-refractivity contribution in [3.05, 3.63) is 22.4 Å². The fraction of sp³-hybridized carbons (Fsp3) is 0.692. The lowest BCUT2D eigenvalue weighted by Gasteiger charge is -2.25. The molecule has 2 atom stereocenters. The number of likely N-dealkylation sites (N-methyl/N-ethyl adjacent to an activating group) is 1. The standard InChI is InChI=1S/C13H22N2O2S2/c1-11(9-13-6-4-8-18-13)15(2)19(16,17)10-12-5-3-7-14-12/h4,6,8,11-12,14H,3,5,7,9-10H2,1-2H3. The summed E-state index contributed by atoms with van der Waals surface area (Å²) < 4.78 is 26.2. The Morgan fingerprint density at radius 1 is 1.58 bits per heavy atom. The largest absolute Gasteiger partial charge is 0.313 e. The maximum absolute atomic E-state index is 12.3. The summed E-state index contributed by atoms with van der Waals surface area (Å²) >= 11 is 1.68. The van der Waals surface area contributed by atoms with Gasteiger partial charge in [0.1, 0.15) is 0 Å². The van der Waals surface area contributed by atoms with E-state index < -0.39 is 10.0 Å². The topological polar surface area (TPSA) is 49.4 Å². The first kappa shape index (κ1) is 15.0. The predicted octanol–water partition coefficient (Wildman–Crippen LogP) is 1.69. The van der Waals surface area contributed by atoms with Crippen LogP contribution < -0.4 is 5.32 Å². The summed E-state index contributed by atoms with van der Waals surface area (Å²) in [5.41, 5.74) is 0. The Bertz CT molecular complexity index is 479. The molecule has 0 aliphatic carbocycles. The van der Waals surface area contributed by atoms with Crippen LogP contribution in [0, 0.1) is 0 Å². The second-order valence-corrected chi connectivity index (χ2v) is 8.33. The first-order valence-corrected chi connectivity index (χ1v) is 9.19. The number of hydrogen-bond acceptors (Lipinski definition) is 4. The Labute approximate surface area is 119 Å². The molecule has 0 spiro atoms. The lowest BCUT2D eigenvalue weighted by atomic mass is 10.2. The van der Waals surface area contributed by atoms with Gasteiger partial charge in [0, 0.05) is 24.0 Å². The molecule has 2 rings (SSSR count). The third-order valence-electron chi connectivity index (χ3n) is 3.71. The predicted molar refractivity (Wildman–Crippen MR) is 80.1 cm³/mol. The van der Waals surface area contributed by atoms with Crippen molar-refractivity contribution < 1.29 is 8.42 Å². The van der Waals surface area contributed by atoms with Crippen LogP contribution >= 0.6 is 11.3 Å². The third-order valence-corrected chi connectivity index (χ3v) is 6.67. The number of hydrogen-bond donors (Lipinski definition) is 1. The van der Waals surface area contributed by atoms with E-state index >= 15 is 0 Å². The quantitative estimate of drug-likeness (QED) is 0.870. The van der Waals surface area contributed by atoms with Crippen molar-refractivity contribution in [2.45, 2.75) is 38.3 Å². The SMILES string of the molecule is CC(Cc1cccs1)N(C)S(=O)(=O)CC1CCCN1. The van der Waals surface area contributed by atoms with Gasteiger partial charge in [0.05, 0.1) is 5.75 Å². The van der Waals surface area contributed by atoms with Gasteiger partial charge in [-0.25, -0.2) is 12.7 Å². The van der Waals surface area contributed by atoms with Crippen molar-refractivity contribution in [1.82, 2.24) is 9.62 Å². The minimum atomic E-state index is -3.17. The van der Waals surface area contributed by atoms with Crippen molar-refractivity contribution in [3.63, 3.8) is 0 Å². The number of nitrogens with zero attached hydrogens (tertiary/aromatic N) is 1. The molecule has 1 aliphatic heterocycles. The van der Waals surface area contributed by atoms with Gasteiger partial charge in [-0.2, -0.15) is 0 Å². The van der Waals surface area contributed by atoms with Crippen LogP contribution in [0.25, 0.3) is 0 Å². The first-order valence-electron chi connectivity index (χ1n) is 6.70. The van der Waals surface area contributed by atoms with Gasteiger partial charge in [0.15, 0.2) is 0 Å². The molecular weight excluding hydrogens is 280 g/mol. The number of rotatable bonds is 6. The Balaban J connectivity index is 1.94. The fourth-order valence-corrected chi connectivity index (χ4v) is 4.87. The van der Waals surface area contributed by atoms with Crippen molar-refractivity contribution in [3.8, 4) is 0 Å². The molecule has 2 unspecified atom stereocenters. The van der Waals surface area contributed by atoms with E-state index in [4.69, 9.17) is 0 Å². The van der Waals surface area contributed by atoms with Crippen LogP contribution in [0.2, 0.25) is 0 Å². The van der Waals surface area contributed by atoms with Crippen LogP contribution in [-0.2, 0) is 16.4 Å². The zero-order valence-electron chi connectivity index (χ0n) is 11.5. The Morgan fingerprint density at radius 3 is 2.95 bits per heavy atom. The summed E-state index contributed by atoms with van der Waals surface area (Å²) in [6, 6.07) is 4.19. The van der Waals surface area contributed by atoms with Gasteiger partial charge >= 0.3 is 0 Å². The molecule has 108 valence electrons. The van der Waals surface area contributed by atoms with E-state index in [9.17, 15) is 8.42 Å². The lowest BCUT2D eigenvalue weighted by molar-refractivity contribution is 0.385. The van der Waals surface area contributed by atoms with Crippen LogP contribution in [0.4, 0.5) is 0 Å². The van der Waals surface area contributed by atoms with Crippen molar-refractivity contribution in [1.29, 1.82) is 0 Å². The van der Waals surface area contributed by atoms with Crippen LogP contribution in [0.3, 0.4) is 0 Å². The maximum atomic E-state index is 12.3.